The maximum absolute atomic E-state index is 11.3. The van der Waals surface area contributed by atoms with Crippen molar-refractivity contribution in [2.75, 3.05) is 11.9 Å². The molecule has 5 heteroatoms. The molecule has 1 saturated carbocycles. The summed E-state index contributed by atoms with van der Waals surface area (Å²) in [5, 5.41) is 21.0. The number of nitro benzene ring substituents is 1. The summed E-state index contributed by atoms with van der Waals surface area (Å²) in [7, 11) is 1.94. The highest BCUT2D eigenvalue weighted by atomic mass is 16.6. The average Bonchev–Trinajstić information content (AvgIpc) is 2.74. The summed E-state index contributed by atoms with van der Waals surface area (Å²) in [5.74, 6) is 0. The first-order valence-corrected chi connectivity index (χ1v) is 7.70. The van der Waals surface area contributed by atoms with Gasteiger partial charge in [-0.25, -0.2) is 0 Å². The zero-order valence-corrected chi connectivity index (χ0v) is 12.8. The summed E-state index contributed by atoms with van der Waals surface area (Å²) in [6, 6.07) is 5.40. The maximum atomic E-state index is 11.3. The Morgan fingerprint density at radius 3 is 2.43 bits per heavy atom. The fraction of sp³-hybridized carbons (Fsp3) is 0.625. The van der Waals surface area contributed by atoms with Crippen LogP contribution in [0.2, 0.25) is 0 Å². The number of aliphatic hydroxyl groups is 1. The van der Waals surface area contributed by atoms with Crippen LogP contribution >= 0.6 is 0 Å². The predicted octanol–water partition coefficient (Wildman–Crippen LogP) is 3.81. The highest BCUT2D eigenvalue weighted by molar-refractivity contribution is 5.64. The van der Waals surface area contributed by atoms with Gasteiger partial charge in [-0.15, -0.1) is 0 Å². The Kier molecular flexibility index (Phi) is 5.17. The molecular formula is C16H24N2O3. The molecule has 0 spiro atoms. The van der Waals surface area contributed by atoms with Gasteiger partial charge >= 0.3 is 0 Å². The van der Waals surface area contributed by atoms with Gasteiger partial charge in [-0.3, -0.25) is 10.1 Å². The molecular weight excluding hydrogens is 268 g/mol. The molecule has 1 aliphatic carbocycles. The lowest BCUT2D eigenvalue weighted by atomic mass is 10.0. The van der Waals surface area contributed by atoms with Gasteiger partial charge in [0.2, 0.25) is 0 Å². The Labute approximate surface area is 125 Å². The molecule has 1 aromatic rings. The minimum atomic E-state index is -0.694. The quantitative estimate of drug-likeness (QED) is 0.520. The summed E-state index contributed by atoms with van der Waals surface area (Å²) in [4.78, 5) is 13.0. The van der Waals surface area contributed by atoms with E-state index in [9.17, 15) is 15.2 Å². The van der Waals surface area contributed by atoms with E-state index in [1.807, 2.05) is 7.05 Å². The van der Waals surface area contributed by atoms with Gasteiger partial charge < -0.3 is 10.0 Å². The number of hydrogen-bond donors (Lipinski definition) is 1. The highest BCUT2D eigenvalue weighted by Crippen LogP contribution is 2.34. The standard InChI is InChI=1S/C16H24N2O3/c1-12(19)13-9-10-15(16(11-13)18(20)21)17(2)14-7-5-3-4-6-8-14/h9-12,14,19H,3-8H2,1-2H3. The molecule has 0 bridgehead atoms. The minimum Gasteiger partial charge on any atom is -0.389 e. The van der Waals surface area contributed by atoms with Gasteiger partial charge in [-0.05, 0) is 31.4 Å². The van der Waals surface area contributed by atoms with E-state index in [0.717, 1.165) is 12.8 Å². The third-order valence-electron chi connectivity index (χ3n) is 4.43. The largest absolute Gasteiger partial charge is 0.389 e. The number of rotatable bonds is 4. The molecule has 5 nitrogen and oxygen atoms in total. The molecule has 0 radical (unpaired) electrons. The van der Waals surface area contributed by atoms with Crippen molar-refractivity contribution >= 4 is 11.4 Å². The number of anilines is 1. The normalized spacial score (nSPS) is 18.0. The summed E-state index contributed by atoms with van der Waals surface area (Å²) in [6.07, 6.45) is 6.38. The van der Waals surface area contributed by atoms with Crippen molar-refractivity contribution in [3.63, 3.8) is 0 Å². The summed E-state index contributed by atoms with van der Waals surface area (Å²) < 4.78 is 0. The third kappa shape index (κ3) is 3.73. The summed E-state index contributed by atoms with van der Waals surface area (Å²) in [6.45, 7) is 1.62. The Balaban J connectivity index is 2.30. The Hall–Kier alpha value is -1.62. The Morgan fingerprint density at radius 2 is 1.90 bits per heavy atom. The smallest absolute Gasteiger partial charge is 0.292 e. The number of nitrogens with zero attached hydrogens (tertiary/aromatic N) is 2. The van der Waals surface area contributed by atoms with Crippen LogP contribution in [0, 0.1) is 10.1 Å². The van der Waals surface area contributed by atoms with Gasteiger partial charge in [0.05, 0.1) is 11.0 Å². The lowest BCUT2D eigenvalue weighted by molar-refractivity contribution is -0.384. The van der Waals surface area contributed by atoms with E-state index in [-0.39, 0.29) is 10.6 Å². The van der Waals surface area contributed by atoms with Gasteiger partial charge in [0.1, 0.15) is 5.69 Å². The SMILES string of the molecule is CC(O)c1ccc(N(C)C2CCCCCC2)c([N+](=O)[O-])c1. The van der Waals surface area contributed by atoms with Crippen molar-refractivity contribution in [1.82, 2.24) is 0 Å². The fourth-order valence-electron chi connectivity index (χ4n) is 3.09. The molecule has 1 N–H and O–H groups in total. The van der Waals surface area contributed by atoms with Crippen molar-refractivity contribution in [2.45, 2.75) is 57.6 Å². The van der Waals surface area contributed by atoms with Gasteiger partial charge in [0.25, 0.3) is 5.69 Å². The van der Waals surface area contributed by atoms with E-state index in [1.54, 1.807) is 19.1 Å². The monoisotopic (exact) mass is 292 g/mol. The summed E-state index contributed by atoms with van der Waals surface area (Å²) >= 11 is 0. The molecule has 0 amide bonds. The average molecular weight is 292 g/mol. The zero-order chi connectivity index (χ0) is 15.4. The second kappa shape index (κ2) is 6.89. The zero-order valence-electron chi connectivity index (χ0n) is 12.8. The van der Waals surface area contributed by atoms with Crippen molar-refractivity contribution < 1.29 is 10.0 Å². The second-order valence-corrected chi connectivity index (χ2v) is 5.94. The van der Waals surface area contributed by atoms with E-state index in [2.05, 4.69) is 4.90 Å². The molecule has 21 heavy (non-hydrogen) atoms. The molecule has 1 unspecified atom stereocenters. The number of benzene rings is 1. The van der Waals surface area contributed by atoms with Crippen LogP contribution in [0.25, 0.3) is 0 Å². The van der Waals surface area contributed by atoms with Crippen LogP contribution in [0.4, 0.5) is 11.4 Å². The lowest BCUT2D eigenvalue weighted by Crippen LogP contribution is -2.31. The van der Waals surface area contributed by atoms with Crippen molar-refractivity contribution in [3.05, 3.63) is 33.9 Å². The Morgan fingerprint density at radius 1 is 1.29 bits per heavy atom. The molecule has 1 aliphatic rings. The molecule has 0 aromatic heterocycles. The van der Waals surface area contributed by atoms with E-state index < -0.39 is 6.10 Å². The van der Waals surface area contributed by atoms with Crippen LogP contribution in [0.3, 0.4) is 0 Å². The van der Waals surface area contributed by atoms with E-state index in [1.165, 1.54) is 31.7 Å². The van der Waals surface area contributed by atoms with Crippen molar-refractivity contribution in [3.8, 4) is 0 Å². The van der Waals surface area contributed by atoms with Gasteiger partial charge in [-0.2, -0.15) is 0 Å². The van der Waals surface area contributed by atoms with Crippen LogP contribution in [-0.4, -0.2) is 23.1 Å². The van der Waals surface area contributed by atoms with Gasteiger partial charge in [0.15, 0.2) is 0 Å². The first-order chi connectivity index (χ1) is 10.0. The van der Waals surface area contributed by atoms with Gasteiger partial charge in [0, 0.05) is 19.2 Å². The van der Waals surface area contributed by atoms with Crippen LogP contribution in [0.5, 0.6) is 0 Å². The first kappa shape index (κ1) is 15.8. The van der Waals surface area contributed by atoms with Crippen molar-refractivity contribution in [2.24, 2.45) is 0 Å². The second-order valence-electron chi connectivity index (χ2n) is 5.94. The van der Waals surface area contributed by atoms with E-state index in [4.69, 9.17) is 0 Å². The Bertz CT molecular complexity index is 494. The molecule has 1 aromatic carbocycles. The van der Waals surface area contributed by atoms with E-state index in [0.29, 0.717) is 17.3 Å². The number of aliphatic hydroxyl groups excluding tert-OH is 1. The molecule has 0 heterocycles. The van der Waals surface area contributed by atoms with E-state index >= 15 is 0 Å². The van der Waals surface area contributed by atoms with Crippen LogP contribution < -0.4 is 4.90 Å². The number of hydrogen-bond acceptors (Lipinski definition) is 4. The lowest BCUT2D eigenvalue weighted by Gasteiger charge is -2.29. The topological polar surface area (TPSA) is 66.6 Å². The molecule has 1 atom stereocenters. The van der Waals surface area contributed by atoms with Gasteiger partial charge in [-0.1, -0.05) is 31.7 Å². The number of nitro groups is 1. The van der Waals surface area contributed by atoms with Crippen LogP contribution in [0.1, 0.15) is 57.1 Å². The molecule has 116 valence electrons. The first-order valence-electron chi connectivity index (χ1n) is 7.70. The molecule has 1 fully saturated rings. The highest BCUT2D eigenvalue weighted by Gasteiger charge is 2.24. The summed E-state index contributed by atoms with van der Waals surface area (Å²) in [5.41, 5.74) is 1.32. The minimum absolute atomic E-state index is 0.0835. The third-order valence-corrected chi connectivity index (χ3v) is 4.43. The molecule has 0 saturated heterocycles. The maximum Gasteiger partial charge on any atom is 0.292 e. The predicted molar refractivity (Wildman–Crippen MR) is 83.6 cm³/mol. The van der Waals surface area contributed by atoms with Crippen LogP contribution in [0.15, 0.2) is 18.2 Å². The molecule has 2 rings (SSSR count). The fourth-order valence-corrected chi connectivity index (χ4v) is 3.09. The molecule has 0 aliphatic heterocycles. The van der Waals surface area contributed by atoms with Crippen molar-refractivity contribution in [1.29, 1.82) is 0 Å². The van der Waals surface area contributed by atoms with Crippen LogP contribution in [-0.2, 0) is 0 Å².